The van der Waals surface area contributed by atoms with Crippen LogP contribution in [0.15, 0.2) is 42.5 Å². The average Bonchev–Trinajstić information content (AvgIpc) is 3.01. The van der Waals surface area contributed by atoms with Gasteiger partial charge in [-0.3, -0.25) is 4.79 Å². The minimum Gasteiger partial charge on any atom is -0.494 e. The summed E-state index contributed by atoms with van der Waals surface area (Å²) in [6.45, 7) is 6.23. The van der Waals surface area contributed by atoms with Crippen molar-refractivity contribution >= 4 is 11.6 Å². The number of anilines is 1. The summed E-state index contributed by atoms with van der Waals surface area (Å²) in [7, 11) is 6.90. The number of ether oxygens (including phenoxy) is 6. The topological polar surface area (TPSA) is 91.0 Å². The Hall–Kier alpha value is -2.89. The van der Waals surface area contributed by atoms with Crippen LogP contribution in [0, 0.1) is 0 Å². The molecule has 0 spiro atoms. The molecule has 0 bridgehead atoms. The number of benzene rings is 2. The first-order valence-corrected chi connectivity index (χ1v) is 14.9. The van der Waals surface area contributed by atoms with E-state index < -0.39 is 0 Å². The van der Waals surface area contributed by atoms with Gasteiger partial charge in [0.15, 0.2) is 0 Å². The molecule has 2 aromatic carbocycles. The second kappa shape index (κ2) is 16.7. The third-order valence-electron chi connectivity index (χ3n) is 7.66. The average molecular weight is 586 g/mol. The number of methoxy groups -OCH3 is 2. The van der Waals surface area contributed by atoms with Crippen LogP contribution in [-0.4, -0.2) is 111 Å². The van der Waals surface area contributed by atoms with E-state index in [-0.39, 0.29) is 30.6 Å². The first-order chi connectivity index (χ1) is 20.5. The molecule has 0 aliphatic carbocycles. The minimum absolute atomic E-state index is 0.0208. The van der Waals surface area contributed by atoms with Crippen molar-refractivity contribution in [3.63, 3.8) is 0 Å². The molecule has 3 atom stereocenters. The van der Waals surface area contributed by atoms with Crippen molar-refractivity contribution in [1.82, 2.24) is 10.2 Å². The standard InChI is InChI=1S/C32H47N3O7/c1-34(2)31(36)23-42-30-21-33-20-29(32(30)25-8-10-26(11-9-25)39-17-6-16-38-4)41-22-24-7-12-28-27(19-24)35(14-18-40-28)13-5-15-37-3/h7-12,19,29-30,32-33H,5-6,13-18,20-23H2,1-4H3/t29-,30+,32?/m0/s1. The lowest BCUT2D eigenvalue weighted by Gasteiger charge is -2.39. The number of rotatable bonds is 16. The molecule has 4 rings (SSSR count). The van der Waals surface area contributed by atoms with E-state index in [0.717, 1.165) is 60.9 Å². The third kappa shape index (κ3) is 9.05. The Kier molecular flexibility index (Phi) is 12.7. The van der Waals surface area contributed by atoms with Crippen LogP contribution >= 0.6 is 0 Å². The highest BCUT2D eigenvalue weighted by Crippen LogP contribution is 2.35. The van der Waals surface area contributed by atoms with Crippen molar-refractivity contribution in [3.05, 3.63) is 53.6 Å². The van der Waals surface area contributed by atoms with Crippen LogP contribution in [0.3, 0.4) is 0 Å². The Bertz CT molecular complexity index is 1100. The second-order valence-electron chi connectivity index (χ2n) is 10.9. The zero-order chi connectivity index (χ0) is 29.7. The smallest absolute Gasteiger partial charge is 0.248 e. The fourth-order valence-electron chi connectivity index (χ4n) is 5.35. The molecule has 1 amide bonds. The molecule has 1 saturated heterocycles. The first kappa shape index (κ1) is 32.0. The summed E-state index contributed by atoms with van der Waals surface area (Å²) in [5.74, 6) is 1.59. The van der Waals surface area contributed by atoms with Crippen molar-refractivity contribution in [1.29, 1.82) is 0 Å². The van der Waals surface area contributed by atoms with Crippen molar-refractivity contribution in [2.24, 2.45) is 0 Å². The Labute approximate surface area is 250 Å². The van der Waals surface area contributed by atoms with Crippen LogP contribution in [0.2, 0.25) is 0 Å². The number of nitrogens with zero attached hydrogens (tertiary/aromatic N) is 2. The lowest BCUT2D eigenvalue weighted by Crippen LogP contribution is -2.51. The minimum atomic E-state index is -0.227. The molecule has 0 aromatic heterocycles. The molecule has 2 aromatic rings. The molecule has 0 radical (unpaired) electrons. The molecule has 0 saturated carbocycles. The predicted octanol–water partition coefficient (Wildman–Crippen LogP) is 3.08. The maximum absolute atomic E-state index is 12.3. The SMILES string of the molecule is COCCCOc1ccc(C2[C@@H](OCc3ccc4c(c3)N(CCCOC)CCO4)CNC[C@H]2OCC(=O)N(C)C)cc1. The van der Waals surface area contributed by atoms with E-state index in [4.69, 9.17) is 28.4 Å². The highest BCUT2D eigenvalue weighted by Gasteiger charge is 2.36. The second-order valence-corrected chi connectivity index (χ2v) is 10.9. The first-order valence-electron chi connectivity index (χ1n) is 14.9. The van der Waals surface area contributed by atoms with Crippen LogP contribution in [0.25, 0.3) is 0 Å². The van der Waals surface area contributed by atoms with Crippen molar-refractivity contribution in [2.75, 3.05) is 92.4 Å². The Morgan fingerprint density at radius 2 is 1.71 bits per heavy atom. The summed E-state index contributed by atoms with van der Waals surface area (Å²) < 4.78 is 35.0. The monoisotopic (exact) mass is 585 g/mol. The van der Waals surface area contributed by atoms with E-state index in [9.17, 15) is 4.79 Å². The van der Waals surface area contributed by atoms with Crippen molar-refractivity contribution in [3.8, 4) is 11.5 Å². The molecule has 1 fully saturated rings. The number of amides is 1. The van der Waals surface area contributed by atoms with Gasteiger partial charge in [-0.25, -0.2) is 0 Å². The molecule has 1 unspecified atom stereocenters. The number of hydrogen-bond acceptors (Lipinski definition) is 9. The zero-order valence-electron chi connectivity index (χ0n) is 25.5. The van der Waals surface area contributed by atoms with Gasteiger partial charge in [-0.15, -0.1) is 0 Å². The van der Waals surface area contributed by atoms with E-state index in [1.807, 2.05) is 18.2 Å². The fourth-order valence-corrected chi connectivity index (χ4v) is 5.35. The van der Waals surface area contributed by atoms with E-state index in [0.29, 0.717) is 39.5 Å². The summed E-state index contributed by atoms with van der Waals surface area (Å²) in [6.07, 6.45) is 1.41. The predicted molar refractivity (Wildman–Crippen MR) is 162 cm³/mol. The number of piperidine rings is 1. The molecular weight excluding hydrogens is 538 g/mol. The number of fused-ring (bicyclic) bond motifs is 1. The molecule has 1 N–H and O–H groups in total. The van der Waals surface area contributed by atoms with Crippen LogP contribution in [0.1, 0.15) is 29.9 Å². The van der Waals surface area contributed by atoms with Gasteiger partial charge in [-0.05, 0) is 41.8 Å². The van der Waals surface area contributed by atoms with Crippen molar-refractivity contribution < 1.29 is 33.2 Å². The maximum atomic E-state index is 12.3. The molecule has 232 valence electrons. The highest BCUT2D eigenvalue weighted by molar-refractivity contribution is 5.76. The summed E-state index contributed by atoms with van der Waals surface area (Å²) in [5, 5.41) is 3.46. The molecule has 2 aliphatic heterocycles. The van der Waals surface area contributed by atoms with Crippen LogP contribution in [-0.2, 0) is 30.3 Å². The van der Waals surface area contributed by atoms with Gasteiger partial charge >= 0.3 is 0 Å². The number of carbonyl (C=O) groups excluding carboxylic acids is 1. The van der Waals surface area contributed by atoms with E-state index in [1.54, 1.807) is 33.2 Å². The maximum Gasteiger partial charge on any atom is 0.248 e. The van der Waals surface area contributed by atoms with Crippen LogP contribution in [0.4, 0.5) is 5.69 Å². The lowest BCUT2D eigenvalue weighted by atomic mass is 9.85. The highest BCUT2D eigenvalue weighted by atomic mass is 16.5. The Morgan fingerprint density at radius 1 is 0.976 bits per heavy atom. The summed E-state index contributed by atoms with van der Waals surface area (Å²) in [6, 6.07) is 14.4. The van der Waals surface area contributed by atoms with Gasteiger partial charge in [-0.1, -0.05) is 18.2 Å². The molecule has 10 heteroatoms. The molecule has 2 aliphatic rings. The van der Waals surface area contributed by atoms with E-state index >= 15 is 0 Å². The van der Waals surface area contributed by atoms with Gasteiger partial charge in [-0.2, -0.15) is 0 Å². The molecular formula is C32H47N3O7. The molecule has 10 nitrogen and oxygen atoms in total. The van der Waals surface area contributed by atoms with E-state index in [1.165, 1.54) is 0 Å². The van der Waals surface area contributed by atoms with Gasteiger partial charge in [0.05, 0.1) is 37.7 Å². The van der Waals surface area contributed by atoms with Gasteiger partial charge in [0.25, 0.3) is 0 Å². The Morgan fingerprint density at radius 3 is 2.45 bits per heavy atom. The number of hydrogen-bond donors (Lipinski definition) is 1. The quantitative estimate of drug-likeness (QED) is 0.299. The summed E-state index contributed by atoms with van der Waals surface area (Å²) in [5.41, 5.74) is 3.28. The Balaban J connectivity index is 1.47. The third-order valence-corrected chi connectivity index (χ3v) is 7.66. The zero-order valence-corrected chi connectivity index (χ0v) is 25.5. The van der Waals surface area contributed by atoms with Crippen molar-refractivity contribution in [2.45, 2.75) is 37.6 Å². The van der Waals surface area contributed by atoms with Gasteiger partial charge < -0.3 is 43.5 Å². The van der Waals surface area contributed by atoms with Gasteiger partial charge in [0.2, 0.25) is 5.91 Å². The fraction of sp³-hybridized carbons (Fsp3) is 0.594. The van der Waals surface area contributed by atoms with Gasteiger partial charge in [0.1, 0.15) is 24.7 Å². The number of likely N-dealkylation sites (N-methyl/N-ethyl adjacent to an activating group) is 1. The van der Waals surface area contributed by atoms with Gasteiger partial charge in [0, 0.05) is 73.5 Å². The number of nitrogens with one attached hydrogen (secondary N) is 1. The normalized spacial score (nSPS) is 20.1. The molecule has 2 heterocycles. The summed E-state index contributed by atoms with van der Waals surface area (Å²) in [4.78, 5) is 16.2. The largest absolute Gasteiger partial charge is 0.494 e. The number of carbonyl (C=O) groups is 1. The van der Waals surface area contributed by atoms with Crippen LogP contribution in [0.5, 0.6) is 11.5 Å². The lowest BCUT2D eigenvalue weighted by molar-refractivity contribution is -0.138. The van der Waals surface area contributed by atoms with E-state index in [2.05, 4.69) is 34.5 Å². The van der Waals surface area contributed by atoms with Crippen LogP contribution < -0.4 is 19.7 Å². The molecule has 42 heavy (non-hydrogen) atoms. The summed E-state index contributed by atoms with van der Waals surface area (Å²) >= 11 is 0.